The van der Waals surface area contributed by atoms with Gasteiger partial charge in [0.1, 0.15) is 6.54 Å². The number of nitrogens with one attached hydrogen (secondary N) is 2. The van der Waals surface area contributed by atoms with E-state index >= 15 is 0 Å². The van der Waals surface area contributed by atoms with E-state index in [4.69, 9.17) is 9.97 Å². The van der Waals surface area contributed by atoms with E-state index in [-0.39, 0.29) is 0 Å². The van der Waals surface area contributed by atoms with Gasteiger partial charge < -0.3 is 9.97 Å². The Morgan fingerprint density at radius 1 is 0.431 bits per heavy atom. The van der Waals surface area contributed by atoms with Crippen LogP contribution in [0.1, 0.15) is 36.1 Å². The minimum Gasteiger partial charge on any atom is -0.354 e. The normalized spacial score (nSPS) is 12.0. The van der Waals surface area contributed by atoms with Crippen LogP contribution >= 0.6 is 0 Å². The Hall–Kier alpha value is -6.80. The second kappa shape index (κ2) is 12.9. The average Bonchev–Trinajstić information content (AvgIpc) is 4.02. The number of hydrogen-bond acceptors (Lipinski definition) is 5. The molecule has 2 aliphatic rings. The maximum atomic E-state index is 5.36. The van der Waals surface area contributed by atoms with Crippen molar-refractivity contribution in [1.29, 1.82) is 0 Å². The SMILES string of the molecule is CCC[n+]1ccc(-c2c3nc(c(-c4ccncc4)c4ccc([nH]4)c(-c4ccncc4)c4nc(c(-c5ccncc5)c5ccc2[nH]5)C=C4)C=C3)cc1. The summed E-state index contributed by atoms with van der Waals surface area (Å²) in [6, 6.07) is 25.1. The molecule has 2 N–H and O–H groups in total. The molecular weight excluding hydrogens is 629 g/mol. The van der Waals surface area contributed by atoms with Crippen LogP contribution in [-0.2, 0) is 6.54 Å². The molecule has 0 unspecified atom stereocenters. The highest BCUT2D eigenvalue weighted by Crippen LogP contribution is 2.37. The second-order valence-electron chi connectivity index (χ2n) is 12.5. The molecule has 0 fully saturated rings. The molecule has 0 aliphatic carbocycles. The van der Waals surface area contributed by atoms with Crippen molar-refractivity contribution in [3.05, 3.63) is 145 Å². The number of H-pyrrole nitrogens is 2. The van der Waals surface area contributed by atoms with Gasteiger partial charge in [0.05, 0.1) is 22.8 Å². The van der Waals surface area contributed by atoms with E-state index in [1.54, 1.807) is 0 Å². The molecular formula is C43H33N8+. The molecule has 7 aromatic rings. The summed E-state index contributed by atoms with van der Waals surface area (Å²) in [7, 11) is 0. The molecule has 0 radical (unpaired) electrons. The predicted molar refractivity (Wildman–Crippen MR) is 204 cm³/mol. The first-order valence-corrected chi connectivity index (χ1v) is 17.1. The molecule has 2 aliphatic heterocycles. The third-order valence-electron chi connectivity index (χ3n) is 9.32. The highest BCUT2D eigenvalue weighted by molar-refractivity contribution is 5.99. The van der Waals surface area contributed by atoms with Gasteiger partial charge in [0.2, 0.25) is 0 Å². The molecule has 244 valence electrons. The Bertz CT molecular complexity index is 2580. The number of fused-ring (bicyclic) bond motifs is 8. The Balaban J connectivity index is 1.45. The largest absolute Gasteiger partial charge is 0.354 e. The minimum absolute atomic E-state index is 0.853. The average molecular weight is 662 g/mol. The van der Waals surface area contributed by atoms with Gasteiger partial charge in [0.15, 0.2) is 12.4 Å². The standard InChI is InChI=1S/C43H32N8/c1-2-25-51-26-17-31(18-27-51)43-38-9-7-36(49-38)41(29-13-21-45-22-14-29)34-5-3-32(47-34)40(28-11-19-44-20-12-28)33-4-6-35(48-33)42(30-15-23-46-24-16-30)37-8-10-39(43)50-37/h3-24,26-27H,2,25H2,1H3,(H,47,48,49,50)/p+1. The predicted octanol–water partition coefficient (Wildman–Crippen LogP) is 9.21. The smallest absolute Gasteiger partial charge is 0.169 e. The highest BCUT2D eigenvalue weighted by Gasteiger charge is 2.19. The zero-order valence-corrected chi connectivity index (χ0v) is 28.0. The fourth-order valence-corrected chi connectivity index (χ4v) is 7.01. The Morgan fingerprint density at radius 3 is 1.06 bits per heavy atom. The minimum atomic E-state index is 0.853. The van der Waals surface area contributed by atoms with Gasteiger partial charge in [-0.1, -0.05) is 6.92 Å². The molecule has 8 heteroatoms. The maximum absolute atomic E-state index is 5.36. The first kappa shape index (κ1) is 30.3. The number of rotatable bonds is 6. The quantitative estimate of drug-likeness (QED) is 0.173. The summed E-state index contributed by atoms with van der Waals surface area (Å²) in [6.45, 7) is 3.15. The van der Waals surface area contributed by atoms with Gasteiger partial charge in [-0.25, -0.2) is 14.5 Å². The van der Waals surface area contributed by atoms with Gasteiger partial charge >= 0.3 is 0 Å². The second-order valence-corrected chi connectivity index (χ2v) is 12.5. The first-order valence-electron chi connectivity index (χ1n) is 17.1. The van der Waals surface area contributed by atoms with Crippen LogP contribution in [-0.4, -0.2) is 34.9 Å². The van der Waals surface area contributed by atoms with Crippen molar-refractivity contribution >= 4 is 46.4 Å². The Kier molecular flexibility index (Phi) is 7.66. The summed E-state index contributed by atoms with van der Waals surface area (Å²) in [6.07, 6.45) is 24.7. The molecule has 8 nitrogen and oxygen atoms in total. The van der Waals surface area contributed by atoms with E-state index < -0.39 is 0 Å². The van der Waals surface area contributed by atoms with Gasteiger partial charge in [-0.15, -0.1) is 0 Å². The van der Waals surface area contributed by atoms with Gasteiger partial charge in [-0.05, 0) is 107 Å². The summed E-state index contributed by atoms with van der Waals surface area (Å²) in [5.41, 5.74) is 15.3. The molecule has 0 spiro atoms. The molecule has 0 saturated heterocycles. The van der Waals surface area contributed by atoms with Crippen LogP contribution < -0.4 is 4.57 Å². The van der Waals surface area contributed by atoms with Crippen molar-refractivity contribution in [2.45, 2.75) is 19.9 Å². The fraction of sp³-hybridized carbons (Fsp3) is 0.0698. The van der Waals surface area contributed by atoms with Gasteiger partial charge in [0.25, 0.3) is 0 Å². The summed E-state index contributed by atoms with van der Waals surface area (Å²) >= 11 is 0. The van der Waals surface area contributed by atoms with Gasteiger partial charge in [-0.3, -0.25) is 15.0 Å². The number of hydrogen-bond donors (Lipinski definition) is 2. The number of aromatic nitrogens is 8. The van der Waals surface area contributed by atoms with E-state index in [0.29, 0.717) is 0 Å². The Morgan fingerprint density at radius 2 is 0.745 bits per heavy atom. The van der Waals surface area contributed by atoms with Crippen molar-refractivity contribution < 1.29 is 4.57 Å². The molecule has 8 bridgehead atoms. The molecule has 0 saturated carbocycles. The summed E-state index contributed by atoms with van der Waals surface area (Å²) in [4.78, 5) is 31.2. The van der Waals surface area contributed by atoms with Crippen molar-refractivity contribution in [3.63, 3.8) is 0 Å². The molecule has 9 heterocycles. The van der Waals surface area contributed by atoms with E-state index in [1.165, 1.54) is 0 Å². The summed E-state index contributed by atoms with van der Waals surface area (Å²) < 4.78 is 2.22. The lowest BCUT2D eigenvalue weighted by Crippen LogP contribution is -2.31. The number of aryl methyl sites for hydroxylation is 1. The van der Waals surface area contributed by atoms with Crippen molar-refractivity contribution in [3.8, 4) is 44.5 Å². The first-order chi connectivity index (χ1) is 25.2. The van der Waals surface area contributed by atoms with E-state index in [9.17, 15) is 0 Å². The number of pyridine rings is 4. The Labute approximate surface area is 294 Å². The third kappa shape index (κ3) is 5.62. The van der Waals surface area contributed by atoms with Crippen molar-refractivity contribution in [2.24, 2.45) is 0 Å². The maximum Gasteiger partial charge on any atom is 0.169 e. The zero-order valence-electron chi connectivity index (χ0n) is 28.0. The molecule has 7 aromatic heterocycles. The van der Waals surface area contributed by atoms with Crippen molar-refractivity contribution in [1.82, 2.24) is 34.9 Å². The fourth-order valence-electron chi connectivity index (χ4n) is 7.01. The van der Waals surface area contributed by atoms with Gasteiger partial charge in [0, 0.05) is 100 Å². The van der Waals surface area contributed by atoms with E-state index in [0.717, 1.165) is 102 Å². The summed E-state index contributed by atoms with van der Waals surface area (Å²) in [5, 5.41) is 0. The van der Waals surface area contributed by atoms with E-state index in [2.05, 4.69) is 110 Å². The third-order valence-corrected chi connectivity index (χ3v) is 9.32. The van der Waals surface area contributed by atoms with Crippen LogP contribution in [0.15, 0.2) is 122 Å². The van der Waals surface area contributed by atoms with Crippen LogP contribution in [0, 0.1) is 0 Å². The van der Waals surface area contributed by atoms with Crippen LogP contribution in [0.25, 0.3) is 90.9 Å². The number of nitrogens with zero attached hydrogens (tertiary/aromatic N) is 6. The lowest BCUT2D eigenvalue weighted by molar-refractivity contribution is -0.696. The monoisotopic (exact) mass is 661 g/mol. The number of aromatic amines is 2. The topological polar surface area (TPSA) is 99.9 Å². The van der Waals surface area contributed by atoms with Crippen LogP contribution in [0.3, 0.4) is 0 Å². The molecule has 0 atom stereocenters. The lowest BCUT2D eigenvalue weighted by atomic mass is 10.0. The molecule has 51 heavy (non-hydrogen) atoms. The molecule has 0 aromatic carbocycles. The van der Waals surface area contributed by atoms with Crippen molar-refractivity contribution in [2.75, 3.05) is 0 Å². The van der Waals surface area contributed by atoms with Crippen LogP contribution in [0.4, 0.5) is 0 Å². The molecule has 0 amide bonds. The van der Waals surface area contributed by atoms with E-state index in [1.807, 2.05) is 73.6 Å². The van der Waals surface area contributed by atoms with Crippen LogP contribution in [0.2, 0.25) is 0 Å². The lowest BCUT2D eigenvalue weighted by Gasteiger charge is -2.06. The molecule has 9 rings (SSSR count). The highest BCUT2D eigenvalue weighted by atomic mass is 14.9. The van der Waals surface area contributed by atoms with Crippen LogP contribution in [0.5, 0.6) is 0 Å². The van der Waals surface area contributed by atoms with Gasteiger partial charge in [-0.2, -0.15) is 0 Å². The zero-order chi connectivity index (χ0) is 34.1. The summed E-state index contributed by atoms with van der Waals surface area (Å²) in [5.74, 6) is 0.